The van der Waals surface area contributed by atoms with E-state index in [1.807, 2.05) is 0 Å². The van der Waals surface area contributed by atoms with Gasteiger partial charge in [0.15, 0.2) is 11.6 Å². The van der Waals surface area contributed by atoms with Gasteiger partial charge in [-0.1, -0.05) is 17.7 Å². The summed E-state index contributed by atoms with van der Waals surface area (Å²) in [7, 11) is 0. The van der Waals surface area contributed by atoms with Gasteiger partial charge in [0.2, 0.25) is 5.96 Å². The number of amides is 1. The fraction of sp³-hybridized carbons (Fsp3) is 0. The summed E-state index contributed by atoms with van der Waals surface area (Å²) in [6, 6.07) is 9.30. The minimum atomic E-state index is -1.12. The summed E-state index contributed by atoms with van der Waals surface area (Å²) in [5.41, 5.74) is 5.95. The lowest BCUT2D eigenvalue weighted by Crippen LogP contribution is -2.36. The van der Waals surface area contributed by atoms with Crippen LogP contribution < -0.4 is 11.1 Å². The second kappa shape index (κ2) is 6.32. The SMILES string of the molecule is NC(=Nc1cccc(Cl)c1)NC(=O)c1ccc(F)c(F)c1. The Morgan fingerprint density at radius 3 is 2.57 bits per heavy atom. The molecule has 0 bridgehead atoms. The Labute approximate surface area is 124 Å². The molecular formula is C14H10ClF2N3O. The highest BCUT2D eigenvalue weighted by molar-refractivity contribution is 6.30. The Bertz CT molecular complexity index is 719. The van der Waals surface area contributed by atoms with Gasteiger partial charge in [-0.3, -0.25) is 10.1 Å². The van der Waals surface area contributed by atoms with Gasteiger partial charge < -0.3 is 5.73 Å². The first-order valence-electron chi connectivity index (χ1n) is 5.82. The molecule has 21 heavy (non-hydrogen) atoms. The molecule has 0 aliphatic rings. The molecule has 2 aromatic carbocycles. The summed E-state index contributed by atoms with van der Waals surface area (Å²) in [6.45, 7) is 0. The number of carbonyl (C=O) groups is 1. The summed E-state index contributed by atoms with van der Waals surface area (Å²) in [5, 5.41) is 2.74. The predicted octanol–water partition coefficient (Wildman–Crippen LogP) is 2.99. The van der Waals surface area contributed by atoms with Crippen molar-refractivity contribution >= 4 is 29.2 Å². The number of nitrogens with zero attached hydrogens (tertiary/aromatic N) is 1. The van der Waals surface area contributed by atoms with Gasteiger partial charge in [-0.25, -0.2) is 13.8 Å². The van der Waals surface area contributed by atoms with E-state index < -0.39 is 17.5 Å². The number of rotatable bonds is 2. The Kier molecular flexibility index (Phi) is 4.49. The molecular weight excluding hydrogens is 300 g/mol. The van der Waals surface area contributed by atoms with Crippen LogP contribution in [0.25, 0.3) is 0 Å². The van der Waals surface area contributed by atoms with E-state index in [4.69, 9.17) is 17.3 Å². The summed E-state index contributed by atoms with van der Waals surface area (Å²) in [6.07, 6.45) is 0. The third kappa shape index (κ3) is 4.00. The maximum absolute atomic E-state index is 13.0. The average molecular weight is 310 g/mol. The molecule has 0 aliphatic heterocycles. The molecule has 0 spiro atoms. The van der Waals surface area contributed by atoms with Crippen LogP contribution in [0.3, 0.4) is 0 Å². The number of nitrogens with one attached hydrogen (secondary N) is 1. The van der Waals surface area contributed by atoms with E-state index in [9.17, 15) is 13.6 Å². The van der Waals surface area contributed by atoms with Crippen molar-refractivity contribution in [1.29, 1.82) is 0 Å². The molecule has 1 amide bonds. The zero-order chi connectivity index (χ0) is 15.4. The zero-order valence-electron chi connectivity index (χ0n) is 10.6. The lowest BCUT2D eigenvalue weighted by Gasteiger charge is -2.05. The van der Waals surface area contributed by atoms with Gasteiger partial charge in [-0.2, -0.15) is 0 Å². The monoisotopic (exact) mass is 309 g/mol. The third-order valence-corrected chi connectivity index (χ3v) is 2.72. The van der Waals surface area contributed by atoms with Crippen molar-refractivity contribution in [3.05, 3.63) is 64.7 Å². The number of carbonyl (C=O) groups excluding carboxylic acids is 1. The standard InChI is InChI=1S/C14H10ClF2N3O/c15-9-2-1-3-10(7-9)19-14(18)20-13(21)8-4-5-11(16)12(17)6-8/h1-7H,(H3,18,19,20,21). The normalized spacial score (nSPS) is 11.3. The van der Waals surface area contributed by atoms with Gasteiger partial charge >= 0.3 is 0 Å². The second-order valence-corrected chi connectivity index (χ2v) is 4.50. The lowest BCUT2D eigenvalue weighted by atomic mass is 10.2. The molecule has 0 unspecified atom stereocenters. The molecule has 2 rings (SSSR count). The number of guanidine groups is 1. The molecule has 0 heterocycles. The number of hydrogen-bond donors (Lipinski definition) is 2. The van der Waals surface area contributed by atoms with Crippen molar-refractivity contribution in [2.24, 2.45) is 10.7 Å². The fourth-order valence-electron chi connectivity index (χ4n) is 1.54. The molecule has 0 saturated heterocycles. The van der Waals surface area contributed by atoms with E-state index >= 15 is 0 Å². The van der Waals surface area contributed by atoms with E-state index in [1.54, 1.807) is 24.3 Å². The van der Waals surface area contributed by atoms with Crippen molar-refractivity contribution < 1.29 is 13.6 Å². The van der Waals surface area contributed by atoms with E-state index in [1.165, 1.54) is 0 Å². The first kappa shape index (κ1) is 14.9. The smallest absolute Gasteiger partial charge is 0.258 e. The van der Waals surface area contributed by atoms with Gasteiger partial charge in [0.25, 0.3) is 5.91 Å². The second-order valence-electron chi connectivity index (χ2n) is 4.06. The molecule has 2 aromatic rings. The van der Waals surface area contributed by atoms with Crippen LogP contribution >= 0.6 is 11.6 Å². The van der Waals surface area contributed by atoms with Crippen LogP contribution in [0, 0.1) is 11.6 Å². The van der Waals surface area contributed by atoms with E-state index in [0.717, 1.165) is 18.2 Å². The van der Waals surface area contributed by atoms with Crippen molar-refractivity contribution in [3.63, 3.8) is 0 Å². The topological polar surface area (TPSA) is 67.5 Å². The molecule has 0 atom stereocenters. The molecule has 0 fully saturated rings. The molecule has 0 aromatic heterocycles. The first-order valence-corrected chi connectivity index (χ1v) is 6.19. The highest BCUT2D eigenvalue weighted by Crippen LogP contribution is 2.17. The minimum Gasteiger partial charge on any atom is -0.369 e. The van der Waals surface area contributed by atoms with Crippen molar-refractivity contribution in [1.82, 2.24) is 5.32 Å². The summed E-state index contributed by atoms with van der Waals surface area (Å²) in [5.74, 6) is -3.04. The van der Waals surface area contributed by atoms with Crippen molar-refractivity contribution in [2.45, 2.75) is 0 Å². The van der Waals surface area contributed by atoms with Gasteiger partial charge in [-0.05, 0) is 36.4 Å². The van der Waals surface area contributed by atoms with Crippen LogP contribution in [0.5, 0.6) is 0 Å². The summed E-state index contributed by atoms with van der Waals surface area (Å²) in [4.78, 5) is 15.7. The third-order valence-electron chi connectivity index (χ3n) is 2.48. The van der Waals surface area contributed by atoms with E-state index in [-0.39, 0.29) is 11.5 Å². The number of nitrogens with two attached hydrogens (primary N) is 1. The highest BCUT2D eigenvalue weighted by Gasteiger charge is 2.10. The van der Waals surface area contributed by atoms with Crippen LogP contribution in [0.2, 0.25) is 5.02 Å². The predicted molar refractivity (Wildman–Crippen MR) is 76.6 cm³/mol. The quantitative estimate of drug-likeness (QED) is 0.661. The molecule has 3 N–H and O–H groups in total. The van der Waals surface area contributed by atoms with E-state index in [0.29, 0.717) is 10.7 Å². The molecule has 0 aliphatic carbocycles. The highest BCUT2D eigenvalue weighted by atomic mass is 35.5. The molecule has 108 valence electrons. The largest absolute Gasteiger partial charge is 0.369 e. The van der Waals surface area contributed by atoms with Gasteiger partial charge in [0.05, 0.1) is 5.69 Å². The minimum absolute atomic E-state index is 0.0712. The number of hydrogen-bond acceptors (Lipinski definition) is 2. The number of halogens is 3. The van der Waals surface area contributed by atoms with Gasteiger partial charge in [0, 0.05) is 10.6 Å². The average Bonchev–Trinajstić information content (AvgIpc) is 2.41. The molecule has 4 nitrogen and oxygen atoms in total. The molecule has 0 radical (unpaired) electrons. The molecule has 7 heteroatoms. The van der Waals surface area contributed by atoms with Crippen LogP contribution in [-0.2, 0) is 0 Å². The summed E-state index contributed by atoms with van der Waals surface area (Å²) < 4.78 is 25.8. The van der Waals surface area contributed by atoms with Crippen LogP contribution in [0.4, 0.5) is 14.5 Å². The lowest BCUT2D eigenvalue weighted by molar-refractivity contribution is 0.0976. The van der Waals surface area contributed by atoms with Crippen LogP contribution in [-0.4, -0.2) is 11.9 Å². The van der Waals surface area contributed by atoms with Gasteiger partial charge in [-0.15, -0.1) is 0 Å². The summed E-state index contributed by atoms with van der Waals surface area (Å²) >= 11 is 5.79. The Balaban J connectivity index is 2.13. The van der Waals surface area contributed by atoms with Crippen LogP contribution in [0.1, 0.15) is 10.4 Å². The maximum Gasteiger partial charge on any atom is 0.258 e. The Morgan fingerprint density at radius 1 is 1.14 bits per heavy atom. The van der Waals surface area contributed by atoms with E-state index in [2.05, 4.69) is 10.3 Å². The first-order chi connectivity index (χ1) is 9.95. The van der Waals surface area contributed by atoms with Crippen LogP contribution in [0.15, 0.2) is 47.5 Å². The number of benzene rings is 2. The number of aliphatic imine (C=N–C) groups is 1. The maximum atomic E-state index is 13.0. The van der Waals surface area contributed by atoms with Gasteiger partial charge in [0.1, 0.15) is 0 Å². The fourth-order valence-corrected chi connectivity index (χ4v) is 1.72. The van der Waals surface area contributed by atoms with Crippen molar-refractivity contribution in [3.8, 4) is 0 Å². The molecule has 0 saturated carbocycles. The Hall–Kier alpha value is -2.47. The zero-order valence-corrected chi connectivity index (χ0v) is 11.4. The Morgan fingerprint density at radius 2 is 1.90 bits per heavy atom. The van der Waals surface area contributed by atoms with Crippen molar-refractivity contribution in [2.75, 3.05) is 0 Å².